The Morgan fingerprint density at radius 3 is 3.00 bits per heavy atom. The van der Waals surface area contributed by atoms with E-state index in [0.29, 0.717) is 31.1 Å². The Balaban J connectivity index is 1.77. The van der Waals surface area contributed by atoms with Gasteiger partial charge in [-0.15, -0.1) is 0 Å². The van der Waals surface area contributed by atoms with Crippen LogP contribution in [0, 0.1) is 5.92 Å². The summed E-state index contributed by atoms with van der Waals surface area (Å²) in [7, 11) is 0. The molecule has 0 radical (unpaired) electrons. The minimum atomic E-state index is -0.0381. The van der Waals surface area contributed by atoms with E-state index in [9.17, 15) is 4.79 Å². The number of hydrogen-bond acceptors (Lipinski definition) is 4. The highest BCUT2D eigenvalue weighted by atomic mass is 16.5. The van der Waals surface area contributed by atoms with Crippen LogP contribution in [0.25, 0.3) is 21.7 Å². The summed E-state index contributed by atoms with van der Waals surface area (Å²) in [6.45, 7) is 0.805. The molecule has 2 heterocycles. The molecule has 0 N–H and O–H groups in total. The topological polar surface area (TPSA) is 95.1 Å². The van der Waals surface area contributed by atoms with Gasteiger partial charge in [0.15, 0.2) is 0 Å². The lowest BCUT2D eigenvalue weighted by Crippen LogP contribution is -2.24. The molecule has 1 atom stereocenters. The van der Waals surface area contributed by atoms with E-state index in [1.807, 2.05) is 30.3 Å². The van der Waals surface area contributed by atoms with Gasteiger partial charge in [-0.3, -0.25) is 9.69 Å². The quantitative estimate of drug-likeness (QED) is 0.490. The number of aromatic nitrogens is 1. The average molecular weight is 283 g/mol. The fourth-order valence-corrected chi connectivity index (χ4v) is 2.41. The van der Waals surface area contributed by atoms with E-state index in [1.165, 1.54) is 0 Å². The van der Waals surface area contributed by atoms with Crippen molar-refractivity contribution in [3.8, 4) is 11.3 Å². The smallest absolute Gasteiger partial charge is 0.234 e. The van der Waals surface area contributed by atoms with Crippen molar-refractivity contribution in [1.82, 2.24) is 5.16 Å². The van der Waals surface area contributed by atoms with Crippen molar-refractivity contribution in [3.63, 3.8) is 0 Å². The molecule has 1 amide bonds. The van der Waals surface area contributed by atoms with Gasteiger partial charge in [-0.25, -0.2) is 0 Å². The molecule has 1 fully saturated rings. The Hall–Kier alpha value is -2.79. The van der Waals surface area contributed by atoms with Gasteiger partial charge in [0.2, 0.25) is 11.8 Å². The van der Waals surface area contributed by atoms with Crippen molar-refractivity contribution in [2.24, 2.45) is 11.0 Å². The zero-order valence-electron chi connectivity index (χ0n) is 11.2. The third-order valence-corrected chi connectivity index (χ3v) is 3.44. The molecule has 21 heavy (non-hydrogen) atoms. The molecule has 3 rings (SSSR count). The third-order valence-electron chi connectivity index (χ3n) is 3.44. The number of azide groups is 1. The number of benzene rings is 1. The third kappa shape index (κ3) is 2.73. The first-order valence-electron chi connectivity index (χ1n) is 6.61. The maximum absolute atomic E-state index is 12.0. The minimum absolute atomic E-state index is 0.0266. The standard InChI is InChI=1S/C14H13N5O2/c15-18-16-8-10-6-13(20)19(9-10)14-7-12(17-21-14)11-4-2-1-3-5-11/h1-5,7,10H,6,8-9H2. The molecule has 7 nitrogen and oxygen atoms in total. The lowest BCUT2D eigenvalue weighted by atomic mass is 10.1. The van der Waals surface area contributed by atoms with Gasteiger partial charge in [-0.2, -0.15) is 0 Å². The van der Waals surface area contributed by atoms with E-state index in [0.717, 1.165) is 5.56 Å². The van der Waals surface area contributed by atoms with Crippen molar-refractivity contribution >= 4 is 11.8 Å². The van der Waals surface area contributed by atoms with Crippen molar-refractivity contribution in [2.75, 3.05) is 18.0 Å². The summed E-state index contributed by atoms with van der Waals surface area (Å²) in [5.74, 6) is 0.421. The van der Waals surface area contributed by atoms with Crippen LogP contribution in [0.2, 0.25) is 0 Å². The number of rotatable bonds is 4. The zero-order chi connectivity index (χ0) is 14.7. The summed E-state index contributed by atoms with van der Waals surface area (Å²) in [5, 5.41) is 7.53. The van der Waals surface area contributed by atoms with Gasteiger partial charge in [0.05, 0.1) is 0 Å². The van der Waals surface area contributed by atoms with Crippen LogP contribution in [-0.2, 0) is 4.79 Å². The number of carbonyl (C=O) groups is 1. The summed E-state index contributed by atoms with van der Waals surface area (Å²) >= 11 is 0. The van der Waals surface area contributed by atoms with Crippen molar-refractivity contribution in [2.45, 2.75) is 6.42 Å². The average Bonchev–Trinajstić information content (AvgIpc) is 3.12. The predicted molar refractivity (Wildman–Crippen MR) is 76.4 cm³/mol. The SMILES string of the molecule is [N-]=[N+]=NCC1CC(=O)N(c2cc(-c3ccccc3)no2)C1. The van der Waals surface area contributed by atoms with E-state index in [2.05, 4.69) is 15.2 Å². The van der Waals surface area contributed by atoms with Crippen LogP contribution in [0.15, 0.2) is 46.0 Å². The van der Waals surface area contributed by atoms with Gasteiger partial charge in [-0.1, -0.05) is 40.6 Å². The van der Waals surface area contributed by atoms with Crippen LogP contribution >= 0.6 is 0 Å². The van der Waals surface area contributed by atoms with E-state index >= 15 is 0 Å². The van der Waals surface area contributed by atoms with Gasteiger partial charge in [-0.05, 0) is 11.4 Å². The molecule has 2 aromatic rings. The second kappa shape index (κ2) is 5.68. The number of carbonyl (C=O) groups excluding carboxylic acids is 1. The highest BCUT2D eigenvalue weighted by Crippen LogP contribution is 2.29. The monoisotopic (exact) mass is 283 g/mol. The second-order valence-corrected chi connectivity index (χ2v) is 4.90. The molecule has 106 valence electrons. The molecular weight excluding hydrogens is 270 g/mol. The maximum atomic E-state index is 12.0. The fraction of sp³-hybridized carbons (Fsp3) is 0.286. The van der Waals surface area contributed by atoms with Crippen LogP contribution in [-0.4, -0.2) is 24.2 Å². The minimum Gasteiger partial charge on any atom is -0.338 e. The molecule has 1 aliphatic rings. The molecule has 0 spiro atoms. The highest BCUT2D eigenvalue weighted by Gasteiger charge is 2.32. The summed E-state index contributed by atoms with van der Waals surface area (Å²) in [5.41, 5.74) is 9.96. The van der Waals surface area contributed by atoms with Crippen LogP contribution in [0.3, 0.4) is 0 Å². The van der Waals surface area contributed by atoms with Gasteiger partial charge in [0, 0.05) is 36.1 Å². The molecule has 1 saturated heterocycles. The second-order valence-electron chi connectivity index (χ2n) is 4.90. The van der Waals surface area contributed by atoms with Gasteiger partial charge < -0.3 is 4.52 Å². The molecule has 7 heteroatoms. The van der Waals surface area contributed by atoms with Crippen LogP contribution in [0.1, 0.15) is 6.42 Å². The number of nitrogens with zero attached hydrogens (tertiary/aromatic N) is 5. The summed E-state index contributed by atoms with van der Waals surface area (Å²) in [6.07, 6.45) is 0.361. The Morgan fingerprint density at radius 1 is 1.43 bits per heavy atom. The first-order chi connectivity index (χ1) is 10.3. The largest absolute Gasteiger partial charge is 0.338 e. The molecule has 0 aliphatic carbocycles. The zero-order valence-corrected chi connectivity index (χ0v) is 11.2. The highest BCUT2D eigenvalue weighted by molar-refractivity contribution is 5.94. The summed E-state index contributed by atoms with van der Waals surface area (Å²) < 4.78 is 5.28. The number of amides is 1. The molecular formula is C14H13N5O2. The van der Waals surface area contributed by atoms with Crippen LogP contribution < -0.4 is 4.90 Å². The van der Waals surface area contributed by atoms with Crippen molar-refractivity contribution < 1.29 is 9.32 Å². The number of anilines is 1. The van der Waals surface area contributed by atoms with Crippen molar-refractivity contribution in [1.29, 1.82) is 0 Å². The van der Waals surface area contributed by atoms with E-state index in [4.69, 9.17) is 10.1 Å². The summed E-state index contributed by atoms with van der Waals surface area (Å²) in [4.78, 5) is 16.3. The van der Waals surface area contributed by atoms with Gasteiger partial charge in [0.25, 0.3) is 0 Å². The van der Waals surface area contributed by atoms with E-state index < -0.39 is 0 Å². The first-order valence-corrected chi connectivity index (χ1v) is 6.61. The van der Waals surface area contributed by atoms with E-state index in [1.54, 1.807) is 11.0 Å². The van der Waals surface area contributed by atoms with Gasteiger partial charge >= 0.3 is 0 Å². The van der Waals surface area contributed by atoms with Crippen LogP contribution in [0.4, 0.5) is 5.88 Å². The van der Waals surface area contributed by atoms with Gasteiger partial charge in [0.1, 0.15) is 5.69 Å². The lowest BCUT2D eigenvalue weighted by Gasteiger charge is -2.10. The molecule has 1 unspecified atom stereocenters. The Bertz CT molecular complexity index is 690. The fourth-order valence-electron chi connectivity index (χ4n) is 2.41. The number of hydrogen-bond donors (Lipinski definition) is 0. The Kier molecular flexibility index (Phi) is 3.57. The molecule has 1 aliphatic heterocycles. The Morgan fingerprint density at radius 2 is 2.24 bits per heavy atom. The lowest BCUT2D eigenvalue weighted by molar-refractivity contribution is -0.117. The Labute approximate surface area is 120 Å². The first kappa shape index (κ1) is 13.2. The van der Waals surface area contributed by atoms with E-state index in [-0.39, 0.29) is 11.8 Å². The van der Waals surface area contributed by atoms with Crippen molar-refractivity contribution in [3.05, 3.63) is 46.8 Å². The molecule has 0 bridgehead atoms. The molecule has 1 aromatic carbocycles. The molecule has 1 aromatic heterocycles. The maximum Gasteiger partial charge on any atom is 0.234 e. The molecule has 0 saturated carbocycles. The predicted octanol–water partition coefficient (Wildman–Crippen LogP) is 3.00. The van der Waals surface area contributed by atoms with Crippen LogP contribution in [0.5, 0.6) is 0 Å². The summed E-state index contributed by atoms with van der Waals surface area (Å²) in [6, 6.07) is 11.4. The normalized spacial score (nSPS) is 17.8.